The van der Waals surface area contributed by atoms with Crippen LogP contribution in [0.15, 0.2) is 388 Å². The third kappa shape index (κ3) is 11.2. The molecule has 17 aromatic carbocycles. The van der Waals surface area contributed by atoms with Crippen LogP contribution in [0.2, 0.25) is 0 Å². The summed E-state index contributed by atoms with van der Waals surface area (Å²) < 4.78 is 0. The molecule has 0 aromatic heterocycles. The molecule has 452 valence electrons. The van der Waals surface area contributed by atoms with Crippen molar-refractivity contribution < 1.29 is 0 Å². The molecule has 0 amide bonds. The van der Waals surface area contributed by atoms with Gasteiger partial charge in [-0.3, -0.25) is 0 Å². The summed E-state index contributed by atoms with van der Waals surface area (Å²) in [6.07, 6.45) is 0. The average Bonchev–Trinajstić information content (AvgIpc) is 0.899. The molecule has 0 aliphatic carbocycles. The van der Waals surface area contributed by atoms with Gasteiger partial charge in [0.25, 0.3) is 0 Å². The zero-order valence-electron chi connectivity index (χ0n) is 52.7. The zero-order chi connectivity index (χ0) is 63.7. The highest BCUT2D eigenvalue weighted by Gasteiger charge is 2.20. The first kappa shape index (κ1) is 57.2. The Balaban J connectivity index is 0.639. The topological polar surface area (TPSA) is 13.0 Å². The van der Waals surface area contributed by atoms with E-state index in [1.807, 2.05) is 0 Å². The van der Waals surface area contributed by atoms with Gasteiger partial charge in [0.1, 0.15) is 0 Å². The SMILES string of the molecule is c1ccc(N(c2ccc(-c3ccc(N(c4ccc5ccccc5c4)c4ccc5ccccc5c4)cc3)cc2)c2ccc(-c3ccc(N(c4ccc(-c5ccc(N(c6ccc7ccccc7c6)c6ccc7ccccc7c6)cc5)cc4)c4cccc5ccccc45)cc3)cc2)cc1. The predicted octanol–water partition coefficient (Wildman–Crippen LogP) is 26.3. The number of nitrogens with zero attached hydrogens (tertiary/aromatic N) is 4. The molecule has 0 saturated carbocycles. The second kappa shape index (κ2) is 25.0. The van der Waals surface area contributed by atoms with Crippen molar-refractivity contribution in [1.82, 2.24) is 0 Å². The molecule has 0 radical (unpaired) electrons. The Kier molecular flexibility index (Phi) is 14.9. The molecule has 0 bridgehead atoms. The smallest absolute Gasteiger partial charge is 0.0540 e. The van der Waals surface area contributed by atoms with E-state index < -0.39 is 0 Å². The highest BCUT2D eigenvalue weighted by Crippen LogP contribution is 2.45. The number of hydrogen-bond donors (Lipinski definition) is 0. The summed E-state index contributed by atoms with van der Waals surface area (Å²) in [5.41, 5.74) is 20.0. The van der Waals surface area contributed by atoms with Crippen molar-refractivity contribution >= 4 is 122 Å². The second-order valence-electron chi connectivity index (χ2n) is 24.6. The van der Waals surface area contributed by atoms with Crippen molar-refractivity contribution in [3.63, 3.8) is 0 Å². The Morgan fingerprint density at radius 1 is 0.125 bits per heavy atom. The minimum absolute atomic E-state index is 1.07. The van der Waals surface area contributed by atoms with Gasteiger partial charge in [0.2, 0.25) is 0 Å². The van der Waals surface area contributed by atoms with Crippen LogP contribution in [0, 0.1) is 0 Å². The lowest BCUT2D eigenvalue weighted by molar-refractivity contribution is 1.28. The highest BCUT2D eigenvalue weighted by molar-refractivity contribution is 6.00. The van der Waals surface area contributed by atoms with Crippen LogP contribution < -0.4 is 19.6 Å². The largest absolute Gasteiger partial charge is 0.311 e. The van der Waals surface area contributed by atoms with E-state index in [1.165, 1.54) is 53.9 Å². The quantitative estimate of drug-likeness (QED) is 0.101. The van der Waals surface area contributed by atoms with Crippen molar-refractivity contribution in [2.75, 3.05) is 19.6 Å². The Labute approximate surface area is 560 Å². The van der Waals surface area contributed by atoms with Gasteiger partial charge in [0, 0.05) is 67.9 Å². The first-order chi connectivity index (χ1) is 47.5. The normalized spacial score (nSPS) is 11.3. The van der Waals surface area contributed by atoms with E-state index in [9.17, 15) is 0 Å². The minimum atomic E-state index is 1.07. The molecular weight excluding hydrogens is 1160 g/mol. The van der Waals surface area contributed by atoms with Crippen molar-refractivity contribution in [1.29, 1.82) is 0 Å². The Hall–Kier alpha value is -12.8. The predicted molar refractivity (Wildman–Crippen MR) is 409 cm³/mol. The summed E-state index contributed by atoms with van der Waals surface area (Å²) >= 11 is 0. The molecule has 0 heterocycles. The van der Waals surface area contributed by atoms with Crippen LogP contribution in [0.5, 0.6) is 0 Å². The summed E-state index contributed by atoms with van der Waals surface area (Å²) in [4.78, 5) is 9.45. The summed E-state index contributed by atoms with van der Waals surface area (Å²) in [5, 5.41) is 12.1. The molecule has 4 heteroatoms. The molecule has 0 aliphatic rings. The lowest BCUT2D eigenvalue weighted by atomic mass is 10.0. The maximum Gasteiger partial charge on any atom is 0.0540 e. The molecule has 0 spiro atoms. The highest BCUT2D eigenvalue weighted by atomic mass is 15.2. The Bertz CT molecular complexity index is 5470. The number of anilines is 12. The molecular formula is C92H64N4. The van der Waals surface area contributed by atoms with E-state index in [0.717, 1.165) is 102 Å². The third-order valence-corrected chi connectivity index (χ3v) is 18.7. The second-order valence-corrected chi connectivity index (χ2v) is 24.6. The Morgan fingerprint density at radius 2 is 0.344 bits per heavy atom. The zero-order valence-corrected chi connectivity index (χ0v) is 52.7. The first-order valence-corrected chi connectivity index (χ1v) is 32.9. The average molecular weight is 1230 g/mol. The van der Waals surface area contributed by atoms with Crippen molar-refractivity contribution in [2.45, 2.75) is 0 Å². The fourth-order valence-electron chi connectivity index (χ4n) is 13.8. The van der Waals surface area contributed by atoms with Crippen LogP contribution in [0.1, 0.15) is 0 Å². The molecule has 0 saturated heterocycles. The van der Waals surface area contributed by atoms with Crippen LogP contribution >= 0.6 is 0 Å². The number of rotatable bonds is 15. The van der Waals surface area contributed by atoms with Crippen LogP contribution in [-0.2, 0) is 0 Å². The van der Waals surface area contributed by atoms with Gasteiger partial charge in [-0.05, 0) is 221 Å². The molecule has 0 fully saturated rings. The molecule has 4 nitrogen and oxygen atoms in total. The summed E-state index contributed by atoms with van der Waals surface area (Å²) in [6, 6.07) is 141. The number of hydrogen-bond acceptors (Lipinski definition) is 4. The van der Waals surface area contributed by atoms with Gasteiger partial charge in [0.15, 0.2) is 0 Å². The first-order valence-electron chi connectivity index (χ1n) is 32.9. The summed E-state index contributed by atoms with van der Waals surface area (Å²) in [6.45, 7) is 0. The number of para-hydroxylation sites is 1. The van der Waals surface area contributed by atoms with E-state index in [0.29, 0.717) is 0 Å². The third-order valence-electron chi connectivity index (χ3n) is 18.7. The standard InChI is InChI=1S/C92H64N4/c1-2-25-80(26-3-1)93(81-45-29-69(30-46-81)71-33-49-83(50-34-71)94(87-57-41-65-15-4-8-20-76(65)61-87)88-58-42-66-16-5-9-21-77(66)62-88)82-47-31-70(32-48-82)73-37-53-85(54-38-73)96(92-28-14-24-75-19-12-13-27-91(75)92)86-55-39-74(40-56-86)72-35-51-84(52-36-72)95(89-59-43-67-17-6-10-22-78(67)63-89)90-60-44-68-18-7-11-23-79(68)64-90/h1-64H. The van der Waals surface area contributed by atoms with Crippen molar-refractivity contribution in [3.8, 4) is 33.4 Å². The van der Waals surface area contributed by atoms with Gasteiger partial charge < -0.3 is 19.6 Å². The summed E-state index contributed by atoms with van der Waals surface area (Å²) in [7, 11) is 0. The van der Waals surface area contributed by atoms with Gasteiger partial charge in [-0.2, -0.15) is 0 Å². The fraction of sp³-hybridized carbons (Fsp3) is 0. The lowest BCUT2D eigenvalue weighted by Crippen LogP contribution is -2.10. The van der Waals surface area contributed by atoms with E-state index in [4.69, 9.17) is 0 Å². The number of fused-ring (bicyclic) bond motifs is 5. The van der Waals surface area contributed by atoms with Gasteiger partial charge in [0.05, 0.1) is 5.69 Å². The van der Waals surface area contributed by atoms with Crippen molar-refractivity contribution in [2.24, 2.45) is 0 Å². The molecule has 96 heavy (non-hydrogen) atoms. The fourth-order valence-corrected chi connectivity index (χ4v) is 13.8. The molecule has 17 rings (SSSR count). The van der Waals surface area contributed by atoms with Crippen molar-refractivity contribution in [3.05, 3.63) is 388 Å². The maximum atomic E-state index is 2.39. The van der Waals surface area contributed by atoms with E-state index in [-0.39, 0.29) is 0 Å². The van der Waals surface area contributed by atoms with Gasteiger partial charge >= 0.3 is 0 Å². The van der Waals surface area contributed by atoms with Crippen LogP contribution in [0.3, 0.4) is 0 Å². The monoisotopic (exact) mass is 1220 g/mol. The minimum Gasteiger partial charge on any atom is -0.311 e. The van der Waals surface area contributed by atoms with Crippen LogP contribution in [0.4, 0.5) is 68.2 Å². The molecule has 17 aromatic rings. The maximum absolute atomic E-state index is 2.39. The summed E-state index contributed by atoms with van der Waals surface area (Å²) in [5.74, 6) is 0. The molecule has 0 atom stereocenters. The van der Waals surface area contributed by atoms with Crippen LogP contribution in [-0.4, -0.2) is 0 Å². The van der Waals surface area contributed by atoms with Crippen LogP contribution in [0.25, 0.3) is 87.2 Å². The molecule has 0 unspecified atom stereocenters. The van der Waals surface area contributed by atoms with E-state index in [2.05, 4.69) is 408 Å². The van der Waals surface area contributed by atoms with Gasteiger partial charge in [-0.15, -0.1) is 0 Å². The number of benzene rings is 17. The lowest BCUT2D eigenvalue weighted by Gasteiger charge is -2.27. The molecule has 0 N–H and O–H groups in total. The van der Waals surface area contributed by atoms with E-state index >= 15 is 0 Å². The Morgan fingerprint density at radius 3 is 0.656 bits per heavy atom. The van der Waals surface area contributed by atoms with E-state index in [1.54, 1.807) is 0 Å². The van der Waals surface area contributed by atoms with Gasteiger partial charge in [-0.25, -0.2) is 0 Å². The molecule has 0 aliphatic heterocycles. The van der Waals surface area contributed by atoms with Gasteiger partial charge in [-0.1, -0.05) is 249 Å².